The second kappa shape index (κ2) is 7.18. The van der Waals surface area contributed by atoms with Crippen LogP contribution >= 0.6 is 0 Å². The molecule has 0 atom stereocenters. The van der Waals surface area contributed by atoms with Crippen LogP contribution in [0.2, 0.25) is 0 Å². The zero-order chi connectivity index (χ0) is 18.7. The number of pyridine rings is 1. The molecule has 0 fully saturated rings. The number of ketones is 1. The smallest absolute Gasteiger partial charge is 0.355 e. The molecule has 0 aliphatic rings. The van der Waals surface area contributed by atoms with Crippen molar-refractivity contribution in [2.45, 2.75) is 0 Å². The van der Waals surface area contributed by atoms with Crippen LogP contribution in [0.25, 0.3) is 10.8 Å². The molecule has 2 aromatic carbocycles. The Labute approximate surface area is 147 Å². The fourth-order valence-corrected chi connectivity index (χ4v) is 2.45. The molecule has 0 spiro atoms. The van der Waals surface area contributed by atoms with Crippen LogP contribution in [0.5, 0.6) is 5.75 Å². The first-order valence-electron chi connectivity index (χ1n) is 7.65. The van der Waals surface area contributed by atoms with Crippen LogP contribution in [0, 0.1) is 5.82 Å². The topological polar surface area (TPSA) is 85.5 Å². The van der Waals surface area contributed by atoms with Crippen LogP contribution in [0.1, 0.15) is 20.8 Å². The van der Waals surface area contributed by atoms with Crippen molar-refractivity contribution >= 4 is 22.5 Å². The van der Waals surface area contributed by atoms with Gasteiger partial charge in [-0.25, -0.2) is 9.18 Å². The molecule has 0 amide bonds. The van der Waals surface area contributed by atoms with Gasteiger partial charge in [-0.15, -0.1) is 0 Å². The molecule has 0 aliphatic carbocycles. The Hall–Kier alpha value is -3.48. The fraction of sp³-hybridized carbons (Fsp3) is 0.105. The molecule has 132 valence electrons. The highest BCUT2D eigenvalue weighted by Gasteiger charge is 2.15. The Bertz CT molecular complexity index is 1060. The molecule has 3 aromatic rings. The van der Waals surface area contributed by atoms with Crippen molar-refractivity contribution < 1.29 is 23.5 Å². The van der Waals surface area contributed by atoms with E-state index < -0.39 is 29.7 Å². The van der Waals surface area contributed by atoms with E-state index in [9.17, 15) is 18.8 Å². The Morgan fingerprint density at radius 3 is 2.62 bits per heavy atom. The lowest BCUT2D eigenvalue weighted by Crippen LogP contribution is -2.18. The average molecular weight is 355 g/mol. The summed E-state index contributed by atoms with van der Waals surface area (Å²) in [5.41, 5.74) is -0.455. The molecule has 1 N–H and O–H groups in total. The van der Waals surface area contributed by atoms with Crippen molar-refractivity contribution in [1.29, 1.82) is 0 Å². The summed E-state index contributed by atoms with van der Waals surface area (Å²) in [5.74, 6) is -2.12. The van der Waals surface area contributed by atoms with Crippen LogP contribution < -0.4 is 10.3 Å². The van der Waals surface area contributed by atoms with E-state index in [2.05, 4.69) is 4.98 Å². The first kappa shape index (κ1) is 17.3. The molecule has 0 saturated heterocycles. The van der Waals surface area contributed by atoms with Gasteiger partial charge in [0.1, 0.15) is 5.69 Å². The van der Waals surface area contributed by atoms with Crippen LogP contribution in [-0.2, 0) is 4.74 Å². The Morgan fingerprint density at radius 1 is 1.12 bits per heavy atom. The summed E-state index contributed by atoms with van der Waals surface area (Å²) in [4.78, 5) is 38.6. The average Bonchev–Trinajstić information content (AvgIpc) is 2.65. The molecule has 7 heteroatoms. The second-order valence-corrected chi connectivity index (χ2v) is 5.45. The molecule has 0 unspecified atom stereocenters. The van der Waals surface area contributed by atoms with Gasteiger partial charge in [0.25, 0.3) is 5.56 Å². The predicted molar refractivity (Wildman–Crippen MR) is 92.1 cm³/mol. The number of H-pyrrole nitrogens is 1. The molecule has 1 heterocycles. The number of rotatable bonds is 5. The van der Waals surface area contributed by atoms with Crippen molar-refractivity contribution in [3.05, 3.63) is 76.0 Å². The maximum atomic E-state index is 13.6. The number of carbonyl (C=O) groups is 2. The maximum absolute atomic E-state index is 13.6. The number of ether oxygens (including phenoxy) is 2. The summed E-state index contributed by atoms with van der Waals surface area (Å²) in [6.45, 7) is -0.584. The van der Waals surface area contributed by atoms with Gasteiger partial charge < -0.3 is 14.5 Å². The fourth-order valence-electron chi connectivity index (χ4n) is 2.45. The van der Waals surface area contributed by atoms with Crippen molar-refractivity contribution in [2.75, 3.05) is 13.7 Å². The van der Waals surface area contributed by atoms with Crippen LogP contribution in [0.3, 0.4) is 0 Å². The van der Waals surface area contributed by atoms with Crippen molar-refractivity contribution in [3.63, 3.8) is 0 Å². The molecule has 26 heavy (non-hydrogen) atoms. The number of aromatic amines is 1. The summed E-state index contributed by atoms with van der Waals surface area (Å²) < 4.78 is 23.4. The van der Waals surface area contributed by atoms with Gasteiger partial charge in [-0.1, -0.05) is 18.2 Å². The van der Waals surface area contributed by atoms with E-state index in [4.69, 9.17) is 9.47 Å². The first-order valence-corrected chi connectivity index (χ1v) is 7.65. The number of carbonyl (C=O) groups excluding carboxylic acids is 2. The molecular formula is C19H14FNO5. The third-order valence-electron chi connectivity index (χ3n) is 3.78. The summed E-state index contributed by atoms with van der Waals surface area (Å²) in [6, 6.07) is 11.9. The Morgan fingerprint density at radius 2 is 1.88 bits per heavy atom. The quantitative estimate of drug-likeness (QED) is 0.562. The summed E-state index contributed by atoms with van der Waals surface area (Å²) >= 11 is 0. The van der Waals surface area contributed by atoms with Gasteiger partial charge in [0.05, 0.1) is 7.11 Å². The van der Waals surface area contributed by atoms with Crippen LogP contribution in [-0.4, -0.2) is 30.5 Å². The summed E-state index contributed by atoms with van der Waals surface area (Å²) in [5, 5.41) is 1.01. The standard InChI is InChI=1S/C19H14FNO5/c1-25-17-7-6-12(8-14(17)20)16(22)10-26-19(24)15-9-11-4-2-3-5-13(11)18(23)21-15/h2-9H,10H2,1H3,(H,21,23). The van der Waals surface area contributed by atoms with E-state index in [1.807, 2.05) is 0 Å². The second-order valence-electron chi connectivity index (χ2n) is 5.45. The Kier molecular flexibility index (Phi) is 4.79. The van der Waals surface area contributed by atoms with E-state index in [-0.39, 0.29) is 17.0 Å². The zero-order valence-corrected chi connectivity index (χ0v) is 13.7. The molecule has 1 aromatic heterocycles. The van der Waals surface area contributed by atoms with Crippen LogP contribution in [0.4, 0.5) is 4.39 Å². The van der Waals surface area contributed by atoms with Gasteiger partial charge in [0.15, 0.2) is 24.0 Å². The van der Waals surface area contributed by atoms with E-state index >= 15 is 0 Å². The number of aromatic nitrogens is 1. The van der Waals surface area contributed by atoms with E-state index in [0.29, 0.717) is 10.8 Å². The normalized spacial score (nSPS) is 10.5. The van der Waals surface area contributed by atoms with Gasteiger partial charge in [-0.05, 0) is 35.7 Å². The minimum atomic E-state index is -0.852. The van der Waals surface area contributed by atoms with Gasteiger partial charge in [-0.3, -0.25) is 9.59 Å². The zero-order valence-electron chi connectivity index (χ0n) is 13.7. The number of esters is 1. The first-order chi connectivity index (χ1) is 12.5. The highest BCUT2D eigenvalue weighted by molar-refractivity contribution is 5.99. The molecule has 3 rings (SSSR count). The third kappa shape index (κ3) is 3.46. The van der Waals surface area contributed by atoms with Gasteiger partial charge in [0.2, 0.25) is 0 Å². The molecule has 0 radical (unpaired) electrons. The molecule has 0 bridgehead atoms. The number of benzene rings is 2. The number of fused-ring (bicyclic) bond motifs is 1. The monoisotopic (exact) mass is 355 g/mol. The summed E-state index contributed by atoms with van der Waals surface area (Å²) in [7, 11) is 1.31. The number of hydrogen-bond donors (Lipinski definition) is 1. The maximum Gasteiger partial charge on any atom is 0.355 e. The summed E-state index contributed by atoms with van der Waals surface area (Å²) in [6.07, 6.45) is 0. The minimum Gasteiger partial charge on any atom is -0.494 e. The Balaban J connectivity index is 1.73. The number of hydrogen-bond acceptors (Lipinski definition) is 5. The van der Waals surface area contributed by atoms with Gasteiger partial charge in [0, 0.05) is 10.9 Å². The molecule has 0 saturated carbocycles. The van der Waals surface area contributed by atoms with Crippen molar-refractivity contribution in [1.82, 2.24) is 4.98 Å². The number of methoxy groups -OCH3 is 1. The lowest BCUT2D eigenvalue weighted by Gasteiger charge is -2.07. The third-order valence-corrected chi connectivity index (χ3v) is 3.78. The van der Waals surface area contributed by atoms with Crippen molar-refractivity contribution in [2.24, 2.45) is 0 Å². The molecule has 0 aliphatic heterocycles. The lowest BCUT2D eigenvalue weighted by atomic mass is 10.1. The van der Waals surface area contributed by atoms with Gasteiger partial charge in [-0.2, -0.15) is 0 Å². The number of nitrogens with one attached hydrogen (secondary N) is 1. The van der Waals surface area contributed by atoms with Gasteiger partial charge >= 0.3 is 5.97 Å². The predicted octanol–water partition coefficient (Wildman–Crippen LogP) is 2.72. The molecular weight excluding hydrogens is 341 g/mol. The van der Waals surface area contributed by atoms with E-state index in [1.165, 1.54) is 25.3 Å². The van der Waals surface area contributed by atoms with Crippen molar-refractivity contribution in [3.8, 4) is 5.75 Å². The number of Topliss-reactive ketones (excluding diaryl/α,β-unsaturated/α-hetero) is 1. The SMILES string of the molecule is COc1ccc(C(=O)COC(=O)c2cc3ccccc3c(=O)[nH]2)cc1F. The van der Waals surface area contributed by atoms with E-state index in [1.54, 1.807) is 24.3 Å². The molecule has 6 nitrogen and oxygen atoms in total. The lowest BCUT2D eigenvalue weighted by molar-refractivity contribution is 0.0469. The highest BCUT2D eigenvalue weighted by Crippen LogP contribution is 2.18. The van der Waals surface area contributed by atoms with E-state index in [0.717, 1.165) is 6.07 Å². The largest absolute Gasteiger partial charge is 0.494 e. The van der Waals surface area contributed by atoms with Crippen LogP contribution in [0.15, 0.2) is 53.3 Å². The number of halogens is 1. The highest BCUT2D eigenvalue weighted by atomic mass is 19.1. The minimum absolute atomic E-state index is 0.00674.